The van der Waals surface area contributed by atoms with Crippen molar-refractivity contribution in [3.8, 4) is 0 Å². The van der Waals surface area contributed by atoms with Crippen LogP contribution < -0.4 is 5.32 Å². The first kappa shape index (κ1) is 20.3. The number of aliphatic imine (C=N–C) groups is 1. The summed E-state index contributed by atoms with van der Waals surface area (Å²) in [6.07, 6.45) is -1.30. The molecule has 0 aliphatic rings. The minimum absolute atomic E-state index is 0.00561. The van der Waals surface area contributed by atoms with Gasteiger partial charge in [-0.2, -0.15) is 13.2 Å². The molecule has 2 bridgehead atoms. The number of amides is 1. The number of anilines is 1. The second-order valence-electron chi connectivity index (χ2n) is 6.26. The molecule has 2 heterocycles. The van der Waals surface area contributed by atoms with Crippen LogP contribution in [0, 0.1) is 5.82 Å². The van der Waals surface area contributed by atoms with Crippen LogP contribution in [0.4, 0.5) is 23.2 Å². The Hall–Kier alpha value is -3.42. The van der Waals surface area contributed by atoms with Gasteiger partial charge in [-0.3, -0.25) is 9.79 Å². The summed E-state index contributed by atoms with van der Waals surface area (Å²) in [5.74, 6) is -1.35. The van der Waals surface area contributed by atoms with Crippen molar-refractivity contribution in [3.05, 3.63) is 70.7 Å². The van der Waals surface area contributed by atoms with Crippen molar-refractivity contribution < 1.29 is 26.8 Å². The zero-order valence-electron chi connectivity index (χ0n) is 15.5. The highest BCUT2D eigenvalue weighted by Gasteiger charge is 2.31. The summed E-state index contributed by atoms with van der Waals surface area (Å²) >= 11 is 0. The van der Waals surface area contributed by atoms with Crippen molar-refractivity contribution in [2.24, 2.45) is 4.99 Å². The molecular weight excluding hydrogens is 388 g/mol. The summed E-state index contributed by atoms with van der Waals surface area (Å²) < 4.78 is 58.3. The summed E-state index contributed by atoms with van der Waals surface area (Å²) in [4.78, 5) is 16.6. The van der Waals surface area contributed by atoms with Crippen LogP contribution in [-0.2, 0) is 6.18 Å². The first-order valence-electron chi connectivity index (χ1n) is 8.50. The van der Waals surface area contributed by atoms with Crippen LogP contribution in [0.25, 0.3) is 16.7 Å². The predicted octanol–water partition coefficient (Wildman–Crippen LogP) is 6.29. The fourth-order valence-electron chi connectivity index (χ4n) is 2.94. The molecule has 0 saturated heterocycles. The average Bonchev–Trinajstić information content (AvgIpc) is 3.22. The van der Waals surface area contributed by atoms with Gasteiger partial charge in [-0.05, 0) is 50.4 Å². The third kappa shape index (κ3) is 3.91. The van der Waals surface area contributed by atoms with E-state index in [1.807, 2.05) is 0 Å². The topological polar surface area (TPSA) is 54.6 Å². The Morgan fingerprint density at radius 2 is 1.97 bits per heavy atom. The second-order valence-corrected chi connectivity index (χ2v) is 6.26. The molecule has 1 aromatic carbocycles. The molecule has 3 aromatic rings. The van der Waals surface area contributed by atoms with Crippen LogP contribution in [0.2, 0.25) is 0 Å². The van der Waals surface area contributed by atoms with Crippen molar-refractivity contribution in [2.45, 2.75) is 20.0 Å². The van der Waals surface area contributed by atoms with Crippen molar-refractivity contribution in [3.63, 3.8) is 0 Å². The highest BCUT2D eigenvalue weighted by molar-refractivity contribution is 6.15. The van der Waals surface area contributed by atoms with E-state index in [2.05, 4.69) is 17.0 Å². The average molecular weight is 404 g/mol. The number of hydrogen-bond acceptors (Lipinski definition) is 3. The van der Waals surface area contributed by atoms with Crippen molar-refractivity contribution >= 4 is 35.1 Å². The molecule has 0 aliphatic carbocycles. The number of halogens is 4. The monoisotopic (exact) mass is 404 g/mol. The van der Waals surface area contributed by atoms with Gasteiger partial charge >= 0.3 is 6.18 Å². The summed E-state index contributed by atoms with van der Waals surface area (Å²) in [5.41, 5.74) is 0.167. The molecule has 3 rings (SSSR count). The number of nitrogens with one attached hydrogen (secondary N) is 1. The van der Waals surface area contributed by atoms with Crippen molar-refractivity contribution in [1.29, 1.82) is 0 Å². The zero-order valence-corrected chi connectivity index (χ0v) is 15.5. The van der Waals surface area contributed by atoms with Crippen LogP contribution in [0.15, 0.2) is 57.6 Å². The highest BCUT2D eigenvalue weighted by atomic mass is 19.4. The Labute approximate surface area is 163 Å². The molecule has 0 saturated carbocycles. The smallest absolute Gasteiger partial charge is 0.416 e. The number of nitrogens with zero attached hydrogens (tertiary/aromatic N) is 1. The molecule has 4 nitrogen and oxygen atoms in total. The molecule has 8 heteroatoms. The number of carbonyl (C=O) groups excluding carboxylic acids is 1. The van der Waals surface area contributed by atoms with Crippen LogP contribution in [0.1, 0.15) is 35.3 Å². The summed E-state index contributed by atoms with van der Waals surface area (Å²) in [7, 11) is 0. The van der Waals surface area contributed by atoms with E-state index < -0.39 is 23.5 Å². The maximum absolute atomic E-state index is 14.1. The lowest BCUT2D eigenvalue weighted by atomic mass is 9.97. The minimum Gasteiger partial charge on any atom is -0.453 e. The van der Waals surface area contributed by atoms with Gasteiger partial charge in [-0.25, -0.2) is 4.39 Å². The Morgan fingerprint density at radius 3 is 2.59 bits per heavy atom. The second kappa shape index (κ2) is 7.54. The number of furan rings is 2. The van der Waals surface area contributed by atoms with E-state index in [1.165, 1.54) is 12.1 Å². The van der Waals surface area contributed by atoms with Gasteiger partial charge in [-0.15, -0.1) is 0 Å². The Kier molecular flexibility index (Phi) is 5.28. The maximum atomic E-state index is 14.1. The lowest BCUT2D eigenvalue weighted by molar-refractivity contribution is -0.137. The van der Waals surface area contributed by atoms with E-state index in [0.29, 0.717) is 11.3 Å². The van der Waals surface area contributed by atoms with Crippen LogP contribution in [0.3, 0.4) is 0 Å². The van der Waals surface area contributed by atoms with Crippen LogP contribution in [-0.4, -0.2) is 12.6 Å². The maximum Gasteiger partial charge on any atom is 0.416 e. The molecule has 0 fully saturated rings. The number of rotatable bonds is 5. The molecule has 0 radical (unpaired) electrons. The van der Waals surface area contributed by atoms with Gasteiger partial charge in [0.25, 0.3) is 5.91 Å². The molecule has 29 heavy (non-hydrogen) atoms. The quantitative estimate of drug-likeness (QED) is 0.309. The van der Waals surface area contributed by atoms with Gasteiger partial charge < -0.3 is 9.73 Å². The van der Waals surface area contributed by atoms with E-state index in [0.717, 1.165) is 18.2 Å². The predicted molar refractivity (Wildman–Crippen MR) is 104 cm³/mol. The van der Waals surface area contributed by atoms with E-state index in [-0.39, 0.29) is 28.0 Å². The van der Waals surface area contributed by atoms with Crippen LogP contribution >= 0.6 is 0 Å². The number of allylic oxidation sites excluding steroid dienone is 4. The lowest BCUT2D eigenvalue weighted by Crippen LogP contribution is -2.14. The molecule has 0 spiro atoms. The normalized spacial score (nSPS) is 13.2. The van der Waals surface area contributed by atoms with E-state index in [4.69, 9.17) is 4.42 Å². The van der Waals surface area contributed by atoms with Gasteiger partial charge in [0.05, 0.1) is 11.1 Å². The van der Waals surface area contributed by atoms with E-state index in [9.17, 15) is 22.4 Å². The number of alkyl halides is 3. The fraction of sp³-hybridized carbons (Fsp3) is 0.143. The number of benzene rings is 2. The zero-order chi connectivity index (χ0) is 21.3. The molecule has 1 amide bonds. The van der Waals surface area contributed by atoms with Crippen molar-refractivity contribution in [1.82, 2.24) is 0 Å². The third-order valence-corrected chi connectivity index (χ3v) is 4.30. The van der Waals surface area contributed by atoms with Gasteiger partial charge in [0, 0.05) is 23.0 Å². The molecule has 2 aromatic heterocycles. The van der Waals surface area contributed by atoms with Gasteiger partial charge in [0.2, 0.25) is 0 Å². The van der Waals surface area contributed by atoms with Crippen LogP contribution in [0.5, 0.6) is 0 Å². The number of carbonyl (C=O) groups is 1. The van der Waals surface area contributed by atoms with E-state index in [1.54, 1.807) is 26.0 Å². The van der Waals surface area contributed by atoms with Gasteiger partial charge in [-0.1, -0.05) is 12.1 Å². The highest BCUT2D eigenvalue weighted by Crippen LogP contribution is 2.38. The summed E-state index contributed by atoms with van der Waals surface area (Å²) in [6, 6.07) is 5.30. The van der Waals surface area contributed by atoms with Gasteiger partial charge in [0.1, 0.15) is 5.58 Å². The first-order valence-corrected chi connectivity index (χ1v) is 8.50. The molecule has 150 valence electrons. The fourth-order valence-corrected chi connectivity index (χ4v) is 2.94. The number of hydrogen-bond donors (Lipinski definition) is 1. The Balaban J connectivity index is 2.04. The summed E-state index contributed by atoms with van der Waals surface area (Å²) in [6.45, 7) is 6.78. The Morgan fingerprint density at radius 1 is 1.24 bits per heavy atom. The molecule has 0 unspecified atom stereocenters. The molecular formula is C21H16F4N2O2. The molecule has 0 aliphatic heterocycles. The SMILES string of the molecule is C=N/C(C)=C\C(=C/C)c1c(C(=O)Nc2cccc(C(F)(F)F)c2)c2cc(F)c1o2. The first-order chi connectivity index (χ1) is 13.7. The molecule has 0 atom stereocenters. The summed E-state index contributed by atoms with van der Waals surface area (Å²) in [5, 5.41) is 2.43. The third-order valence-electron chi connectivity index (χ3n) is 4.30. The number of fused-ring (bicyclic) bond motifs is 2. The van der Waals surface area contributed by atoms with Crippen molar-refractivity contribution in [2.75, 3.05) is 5.32 Å². The molecule has 1 N–H and O–H groups in total. The Bertz CT molecular complexity index is 1140. The largest absolute Gasteiger partial charge is 0.453 e. The lowest BCUT2D eigenvalue weighted by Gasteiger charge is -2.11. The van der Waals surface area contributed by atoms with E-state index >= 15 is 0 Å². The standard InChI is InChI=1S/C21H16F4N2O2/c1-4-12(8-11(2)26-3)17-18(16-10-15(22)19(17)29-16)20(28)27-14-7-5-6-13(9-14)21(23,24)25/h4-10H,3H2,1-2H3,(H,27,28)/b11-8-,12-4+. The van der Waals surface area contributed by atoms with Gasteiger partial charge in [0.15, 0.2) is 11.4 Å². The minimum atomic E-state index is -4.55.